The van der Waals surface area contributed by atoms with E-state index in [1.165, 1.54) is 78.0 Å². The average Bonchev–Trinajstić information content (AvgIpc) is 2.83. The van der Waals surface area contributed by atoms with Crippen LogP contribution in [-0.2, 0) is 4.74 Å². The van der Waals surface area contributed by atoms with Crippen molar-refractivity contribution in [1.29, 1.82) is 0 Å². The minimum Gasteiger partial charge on any atom is -0.383 e. The first kappa shape index (κ1) is 15.2. The summed E-state index contributed by atoms with van der Waals surface area (Å²) in [5, 5.41) is 0. The van der Waals surface area contributed by atoms with Crippen LogP contribution < -0.4 is 0 Å². The van der Waals surface area contributed by atoms with Gasteiger partial charge in [-0.3, -0.25) is 4.90 Å². The van der Waals surface area contributed by atoms with Gasteiger partial charge in [0.15, 0.2) is 0 Å². The monoisotopic (exact) mass is 269 g/mol. The molecule has 0 N–H and O–H groups in total. The largest absolute Gasteiger partial charge is 0.383 e. The van der Waals surface area contributed by atoms with Crippen molar-refractivity contribution in [2.45, 2.75) is 25.7 Å². The Morgan fingerprint density at radius 2 is 1.21 bits per heavy atom. The summed E-state index contributed by atoms with van der Waals surface area (Å²) in [7, 11) is 1.79. The Bertz CT molecular complexity index is 231. The number of likely N-dealkylation sites (tertiary alicyclic amines) is 1. The van der Waals surface area contributed by atoms with Gasteiger partial charge >= 0.3 is 0 Å². The molecule has 0 aromatic rings. The Labute approximate surface area is 118 Å². The van der Waals surface area contributed by atoms with Gasteiger partial charge in [0.25, 0.3) is 0 Å². The molecule has 0 spiro atoms. The molecule has 4 nitrogen and oxygen atoms in total. The van der Waals surface area contributed by atoms with Gasteiger partial charge in [0, 0.05) is 26.7 Å². The number of hydrogen-bond donors (Lipinski definition) is 0. The van der Waals surface area contributed by atoms with Crippen molar-refractivity contribution in [3.8, 4) is 0 Å². The molecule has 2 fully saturated rings. The molecule has 19 heavy (non-hydrogen) atoms. The minimum absolute atomic E-state index is 0.870. The van der Waals surface area contributed by atoms with E-state index in [0.717, 1.165) is 13.2 Å². The van der Waals surface area contributed by atoms with E-state index < -0.39 is 0 Å². The second-order valence-corrected chi connectivity index (χ2v) is 5.93. The highest BCUT2D eigenvalue weighted by Crippen LogP contribution is 2.09. The van der Waals surface area contributed by atoms with E-state index in [-0.39, 0.29) is 0 Å². The van der Waals surface area contributed by atoms with Gasteiger partial charge in [-0.05, 0) is 65.0 Å². The lowest BCUT2D eigenvalue weighted by atomic mass is 10.3. The fraction of sp³-hybridized carbons (Fsp3) is 1.00. The van der Waals surface area contributed by atoms with Crippen molar-refractivity contribution in [1.82, 2.24) is 14.7 Å². The van der Waals surface area contributed by atoms with Crippen LogP contribution in [-0.4, -0.2) is 87.3 Å². The highest BCUT2D eigenvalue weighted by molar-refractivity contribution is 4.71. The standard InChI is InChI=1S/C15H31N3O/c1-19-15-14-18-11-5-10-17(12-13-18)9-4-8-16-6-2-3-7-16/h2-15H2,1H3. The third-order valence-corrected chi connectivity index (χ3v) is 4.44. The van der Waals surface area contributed by atoms with Gasteiger partial charge < -0.3 is 14.5 Å². The number of rotatable bonds is 7. The molecule has 0 amide bonds. The molecule has 2 aliphatic heterocycles. The smallest absolute Gasteiger partial charge is 0.0589 e. The van der Waals surface area contributed by atoms with Gasteiger partial charge in [-0.1, -0.05) is 0 Å². The third kappa shape index (κ3) is 5.78. The van der Waals surface area contributed by atoms with Crippen molar-refractivity contribution in [3.63, 3.8) is 0 Å². The summed E-state index contributed by atoms with van der Waals surface area (Å²) in [4.78, 5) is 7.83. The first-order valence-electron chi connectivity index (χ1n) is 8.04. The van der Waals surface area contributed by atoms with Crippen molar-refractivity contribution in [3.05, 3.63) is 0 Å². The molecular formula is C15H31N3O. The molecule has 0 unspecified atom stereocenters. The minimum atomic E-state index is 0.870. The quantitative estimate of drug-likeness (QED) is 0.689. The van der Waals surface area contributed by atoms with Gasteiger partial charge in [-0.15, -0.1) is 0 Å². The molecule has 0 aromatic carbocycles. The molecule has 112 valence electrons. The van der Waals surface area contributed by atoms with E-state index >= 15 is 0 Å². The summed E-state index contributed by atoms with van der Waals surface area (Å²) in [5.74, 6) is 0. The van der Waals surface area contributed by atoms with E-state index in [1.54, 1.807) is 7.11 Å². The van der Waals surface area contributed by atoms with Crippen LogP contribution in [0.4, 0.5) is 0 Å². The van der Waals surface area contributed by atoms with Crippen LogP contribution in [0.5, 0.6) is 0 Å². The molecular weight excluding hydrogens is 238 g/mol. The van der Waals surface area contributed by atoms with E-state index in [1.807, 2.05) is 0 Å². The average molecular weight is 269 g/mol. The summed E-state index contributed by atoms with van der Waals surface area (Å²) < 4.78 is 5.17. The van der Waals surface area contributed by atoms with E-state index in [4.69, 9.17) is 4.74 Å². The number of methoxy groups -OCH3 is 1. The summed E-state index contributed by atoms with van der Waals surface area (Å²) in [6.07, 6.45) is 5.49. The Morgan fingerprint density at radius 1 is 0.684 bits per heavy atom. The molecule has 0 aromatic heterocycles. The van der Waals surface area contributed by atoms with Gasteiger partial charge in [-0.2, -0.15) is 0 Å². The van der Waals surface area contributed by atoms with Gasteiger partial charge in [0.05, 0.1) is 6.61 Å². The molecule has 0 aliphatic carbocycles. The molecule has 2 aliphatic rings. The van der Waals surface area contributed by atoms with Gasteiger partial charge in [0.1, 0.15) is 0 Å². The van der Waals surface area contributed by atoms with Crippen LogP contribution in [0.25, 0.3) is 0 Å². The van der Waals surface area contributed by atoms with E-state index in [2.05, 4.69) is 14.7 Å². The molecule has 0 radical (unpaired) electrons. The SMILES string of the molecule is COCCN1CCCN(CCCN2CCCC2)CC1. The zero-order valence-corrected chi connectivity index (χ0v) is 12.6. The van der Waals surface area contributed by atoms with Crippen LogP contribution in [0.1, 0.15) is 25.7 Å². The van der Waals surface area contributed by atoms with Crippen LogP contribution in [0.3, 0.4) is 0 Å². The number of ether oxygens (including phenoxy) is 1. The second-order valence-electron chi connectivity index (χ2n) is 5.93. The molecule has 0 bridgehead atoms. The highest BCUT2D eigenvalue weighted by Gasteiger charge is 2.15. The predicted octanol–water partition coefficient (Wildman–Crippen LogP) is 1.13. The van der Waals surface area contributed by atoms with Crippen molar-refractivity contribution < 1.29 is 4.74 Å². The van der Waals surface area contributed by atoms with Crippen molar-refractivity contribution >= 4 is 0 Å². The lowest BCUT2D eigenvalue weighted by molar-refractivity contribution is 0.149. The molecule has 4 heteroatoms. The summed E-state index contributed by atoms with van der Waals surface area (Å²) in [6.45, 7) is 12.2. The fourth-order valence-corrected chi connectivity index (χ4v) is 3.22. The molecule has 0 saturated carbocycles. The fourth-order valence-electron chi connectivity index (χ4n) is 3.22. The van der Waals surface area contributed by atoms with Crippen LogP contribution in [0.2, 0.25) is 0 Å². The maximum atomic E-state index is 5.17. The van der Waals surface area contributed by atoms with Crippen molar-refractivity contribution in [2.24, 2.45) is 0 Å². The Balaban J connectivity index is 1.56. The Kier molecular flexibility index (Phi) is 7.14. The normalized spacial score (nSPS) is 23.8. The summed E-state index contributed by atoms with van der Waals surface area (Å²) in [5.41, 5.74) is 0. The zero-order chi connectivity index (χ0) is 13.3. The molecule has 2 heterocycles. The van der Waals surface area contributed by atoms with Crippen LogP contribution >= 0.6 is 0 Å². The van der Waals surface area contributed by atoms with Crippen LogP contribution in [0.15, 0.2) is 0 Å². The number of hydrogen-bond acceptors (Lipinski definition) is 4. The summed E-state index contributed by atoms with van der Waals surface area (Å²) in [6, 6.07) is 0. The highest BCUT2D eigenvalue weighted by atomic mass is 16.5. The first-order chi connectivity index (χ1) is 9.38. The first-order valence-corrected chi connectivity index (χ1v) is 8.04. The lowest BCUT2D eigenvalue weighted by Crippen LogP contribution is -2.34. The molecule has 0 atom stereocenters. The summed E-state index contributed by atoms with van der Waals surface area (Å²) >= 11 is 0. The maximum Gasteiger partial charge on any atom is 0.0589 e. The van der Waals surface area contributed by atoms with Crippen molar-refractivity contribution in [2.75, 3.05) is 72.6 Å². The lowest BCUT2D eigenvalue weighted by Gasteiger charge is -2.22. The zero-order valence-electron chi connectivity index (χ0n) is 12.6. The molecule has 2 rings (SSSR count). The third-order valence-electron chi connectivity index (χ3n) is 4.44. The topological polar surface area (TPSA) is 19.0 Å². The van der Waals surface area contributed by atoms with Gasteiger partial charge in [0.2, 0.25) is 0 Å². The number of nitrogens with zero attached hydrogens (tertiary/aromatic N) is 3. The Hall–Kier alpha value is -0.160. The second kappa shape index (κ2) is 8.90. The van der Waals surface area contributed by atoms with Gasteiger partial charge in [-0.25, -0.2) is 0 Å². The van der Waals surface area contributed by atoms with E-state index in [0.29, 0.717) is 0 Å². The predicted molar refractivity (Wildman–Crippen MR) is 79.7 cm³/mol. The van der Waals surface area contributed by atoms with E-state index in [9.17, 15) is 0 Å². The Morgan fingerprint density at radius 3 is 1.84 bits per heavy atom. The molecule has 2 saturated heterocycles. The van der Waals surface area contributed by atoms with Crippen LogP contribution in [0, 0.1) is 0 Å². The maximum absolute atomic E-state index is 5.17.